The molecule has 71 heavy (non-hydrogen) atoms. The van der Waals surface area contributed by atoms with Crippen molar-refractivity contribution in [2.75, 3.05) is 13.2 Å². The minimum absolute atomic E-state index is 0.00798. The van der Waals surface area contributed by atoms with Gasteiger partial charge in [0.25, 0.3) is 0 Å². The third-order valence-corrected chi connectivity index (χ3v) is 12.4. The number of para-hydroxylation sites is 1. The summed E-state index contributed by atoms with van der Waals surface area (Å²) in [4.78, 5) is 51.0. The van der Waals surface area contributed by atoms with Crippen molar-refractivity contribution in [1.29, 1.82) is 0 Å². The lowest BCUT2D eigenvalue weighted by Gasteiger charge is -2.19. The Hall–Kier alpha value is -8.83. The summed E-state index contributed by atoms with van der Waals surface area (Å²) in [6.45, 7) is 2.36. The normalized spacial score (nSPS) is 11.9. The van der Waals surface area contributed by atoms with Gasteiger partial charge in [-0.15, -0.1) is 0 Å². The number of nitrogens with zero attached hydrogens (tertiary/aromatic N) is 3. The zero-order valence-corrected chi connectivity index (χ0v) is 39.5. The molecule has 1 aliphatic rings. The highest BCUT2D eigenvalue weighted by atomic mass is 16.6. The molecule has 0 radical (unpaired) electrons. The van der Waals surface area contributed by atoms with Crippen molar-refractivity contribution in [1.82, 2.24) is 19.9 Å². The average Bonchev–Trinajstić information content (AvgIpc) is 4.08. The molecule has 11 heteroatoms. The van der Waals surface area contributed by atoms with Gasteiger partial charge in [-0.3, -0.25) is 9.79 Å². The topological polar surface area (TPSA) is 137 Å². The lowest BCUT2D eigenvalue weighted by molar-refractivity contribution is -0.143. The second-order valence-corrected chi connectivity index (χ2v) is 17.2. The van der Waals surface area contributed by atoms with Crippen LogP contribution in [0.15, 0.2) is 205 Å². The molecule has 1 atom stereocenters. The summed E-state index contributed by atoms with van der Waals surface area (Å²) in [5, 5.41) is 4.13. The zero-order chi connectivity index (χ0) is 48.9. The quantitative estimate of drug-likeness (QED) is 0.0593. The lowest BCUT2D eigenvalue weighted by Crippen LogP contribution is -2.32. The number of imidazole rings is 1. The van der Waals surface area contributed by atoms with E-state index in [9.17, 15) is 14.4 Å². The van der Waals surface area contributed by atoms with Gasteiger partial charge in [-0.25, -0.2) is 14.6 Å². The molecule has 2 heterocycles. The summed E-state index contributed by atoms with van der Waals surface area (Å²) >= 11 is 0. The molecule has 0 spiro atoms. The maximum Gasteiger partial charge on any atom is 0.407 e. The van der Waals surface area contributed by atoms with Gasteiger partial charge in [-0.2, -0.15) is 0 Å². The number of ether oxygens (including phenoxy) is 3. The van der Waals surface area contributed by atoms with Crippen LogP contribution in [-0.2, 0) is 45.7 Å². The molecule has 0 aliphatic heterocycles. The Kier molecular flexibility index (Phi) is 15.0. The van der Waals surface area contributed by atoms with Gasteiger partial charge in [0.2, 0.25) is 0 Å². The summed E-state index contributed by atoms with van der Waals surface area (Å²) in [6.07, 6.45) is 1.92. The third-order valence-electron chi connectivity index (χ3n) is 12.4. The molecule has 2 N–H and O–H groups in total. The number of nitrogens with one attached hydrogen (secondary N) is 2. The van der Waals surface area contributed by atoms with E-state index in [1.807, 2.05) is 165 Å². The Bertz CT molecular complexity index is 3190. The number of carbonyl (C=O) groups excluding carboxylic acids is 3. The number of rotatable bonds is 15. The highest BCUT2D eigenvalue weighted by Gasteiger charge is 2.30. The van der Waals surface area contributed by atoms with Gasteiger partial charge < -0.3 is 29.1 Å². The van der Waals surface area contributed by atoms with Crippen LogP contribution in [0.1, 0.15) is 72.9 Å². The van der Waals surface area contributed by atoms with E-state index in [2.05, 4.69) is 67.4 Å². The first kappa shape index (κ1) is 47.2. The van der Waals surface area contributed by atoms with Crippen molar-refractivity contribution in [3.8, 4) is 11.1 Å². The van der Waals surface area contributed by atoms with E-state index in [1.165, 1.54) is 11.1 Å². The molecule has 1 aliphatic carbocycles. The highest BCUT2D eigenvalue weighted by molar-refractivity contribution is 6.13. The number of carbonyl (C=O) groups is 3. The molecular formula is C60H53N5O6. The summed E-state index contributed by atoms with van der Waals surface area (Å²) in [5.41, 5.74) is 12.1. The van der Waals surface area contributed by atoms with Gasteiger partial charge in [0.15, 0.2) is 5.69 Å². The number of esters is 2. The van der Waals surface area contributed by atoms with Crippen LogP contribution < -0.4 is 5.32 Å². The van der Waals surface area contributed by atoms with Crippen LogP contribution >= 0.6 is 0 Å². The number of amides is 1. The molecule has 9 aromatic rings. The Balaban J connectivity index is 0.000000211. The summed E-state index contributed by atoms with van der Waals surface area (Å²) in [7, 11) is 2.00. The first-order valence-electron chi connectivity index (χ1n) is 23.6. The molecule has 354 valence electrons. The van der Waals surface area contributed by atoms with E-state index in [1.54, 1.807) is 6.92 Å². The molecule has 7 aromatic carbocycles. The van der Waals surface area contributed by atoms with Crippen molar-refractivity contribution in [3.63, 3.8) is 0 Å². The van der Waals surface area contributed by atoms with Crippen LogP contribution in [0.2, 0.25) is 0 Å². The minimum Gasteiger partial charge on any atom is -0.459 e. The van der Waals surface area contributed by atoms with Gasteiger partial charge in [0.05, 0.1) is 11.8 Å². The van der Waals surface area contributed by atoms with Crippen molar-refractivity contribution >= 4 is 34.6 Å². The second kappa shape index (κ2) is 22.5. The molecule has 1 amide bonds. The van der Waals surface area contributed by atoms with Crippen LogP contribution in [-0.4, -0.2) is 51.4 Å². The Morgan fingerprint density at radius 2 is 1.17 bits per heavy atom. The average molecular weight is 940 g/mol. The van der Waals surface area contributed by atoms with E-state index >= 15 is 0 Å². The minimum atomic E-state index is -0.601. The molecular weight excluding hydrogens is 887 g/mol. The third kappa shape index (κ3) is 11.5. The first-order chi connectivity index (χ1) is 34.8. The fourth-order valence-electron chi connectivity index (χ4n) is 8.91. The van der Waals surface area contributed by atoms with E-state index in [-0.39, 0.29) is 43.9 Å². The monoisotopic (exact) mass is 939 g/mol. The molecule has 11 nitrogen and oxygen atoms in total. The fourth-order valence-corrected chi connectivity index (χ4v) is 8.91. The number of hydrogen-bond acceptors (Lipinski definition) is 8. The lowest BCUT2D eigenvalue weighted by atomic mass is 9.98. The molecule has 2 aromatic heterocycles. The maximum atomic E-state index is 13.5. The number of alkyl carbamates (subject to hydrolysis) is 1. The van der Waals surface area contributed by atoms with Crippen molar-refractivity contribution in [2.24, 2.45) is 12.0 Å². The second-order valence-electron chi connectivity index (χ2n) is 17.2. The number of H-pyrrole nitrogens is 1. The van der Waals surface area contributed by atoms with Gasteiger partial charge in [0.1, 0.15) is 32.2 Å². The van der Waals surface area contributed by atoms with Crippen molar-refractivity contribution < 1.29 is 28.6 Å². The predicted molar refractivity (Wildman–Crippen MR) is 276 cm³/mol. The summed E-state index contributed by atoms with van der Waals surface area (Å²) in [6, 6.07) is 62.8. The van der Waals surface area contributed by atoms with Crippen molar-refractivity contribution in [3.05, 3.63) is 256 Å². The van der Waals surface area contributed by atoms with Crippen LogP contribution in [0, 0.1) is 6.92 Å². The van der Waals surface area contributed by atoms with Gasteiger partial charge >= 0.3 is 18.0 Å². The maximum absolute atomic E-state index is 13.5. The Morgan fingerprint density at radius 1 is 0.648 bits per heavy atom. The van der Waals surface area contributed by atoms with Crippen LogP contribution in [0.25, 0.3) is 22.0 Å². The smallest absolute Gasteiger partial charge is 0.407 e. The van der Waals surface area contributed by atoms with Gasteiger partial charge in [0, 0.05) is 53.3 Å². The standard InChI is InChI=1S/C38H34N4O4.C22H19NO2/c1-24-35(37(43)45-22-25-12-4-3-5-13-25)41-36(39-24)33(20-26-21-42(2)34-19-11-10-14-27(26)34)40-38(44)46-23-32-30-17-8-6-15-28(30)29-16-7-9-18-31(29)32;24-21(25-17-18-10-4-1-5-11-18)16-23-22(19-12-6-2-7-13-19)20-14-8-3-9-15-20/h3-19,21,32-33H,20,22-23H2,1-2H3,(H,39,41)(H,40,44);1-15H,16-17H2/t33-;/m1./s1. The van der Waals surface area contributed by atoms with Crippen molar-refractivity contribution in [2.45, 2.75) is 38.5 Å². The van der Waals surface area contributed by atoms with E-state index in [0.29, 0.717) is 17.9 Å². The molecule has 0 saturated carbocycles. The van der Waals surface area contributed by atoms with Gasteiger partial charge in [-0.1, -0.05) is 188 Å². The van der Waals surface area contributed by atoms with Gasteiger partial charge in [-0.05, 0) is 51.9 Å². The van der Waals surface area contributed by atoms with Crippen LogP contribution in [0.3, 0.4) is 0 Å². The van der Waals surface area contributed by atoms with E-state index < -0.39 is 18.1 Å². The predicted octanol–water partition coefficient (Wildman–Crippen LogP) is 11.7. The molecule has 0 bridgehead atoms. The summed E-state index contributed by atoms with van der Waals surface area (Å²) in [5.74, 6) is -0.487. The molecule has 0 unspecified atom stereocenters. The SMILES string of the molecule is Cc1[nH]c([C@@H](Cc2cn(C)c3ccccc23)NC(=O)OCC2c3ccccc3-c3ccccc32)nc1C(=O)OCc1ccccc1.O=C(CN=C(c1ccccc1)c1ccccc1)OCc1ccccc1. The number of aryl methyl sites for hydroxylation is 2. The van der Waals surface area contributed by atoms with E-state index in [0.717, 1.165) is 55.6 Å². The number of aromatic nitrogens is 3. The number of aromatic amines is 1. The summed E-state index contributed by atoms with van der Waals surface area (Å²) < 4.78 is 18.8. The molecule has 10 rings (SSSR count). The first-order valence-corrected chi connectivity index (χ1v) is 23.6. The number of hydrogen-bond donors (Lipinski definition) is 2. The molecule has 0 fully saturated rings. The molecule has 0 saturated heterocycles. The van der Waals surface area contributed by atoms with Crippen LogP contribution in [0.5, 0.6) is 0 Å². The largest absolute Gasteiger partial charge is 0.459 e. The fraction of sp³-hybridized carbons (Fsp3) is 0.150. The number of fused-ring (bicyclic) bond motifs is 4. The van der Waals surface area contributed by atoms with E-state index in [4.69, 9.17) is 14.2 Å². The van der Waals surface area contributed by atoms with Crippen LogP contribution in [0.4, 0.5) is 4.79 Å². The Morgan fingerprint density at radius 3 is 1.77 bits per heavy atom. The number of aliphatic imine (C=N–C) groups is 1. The zero-order valence-electron chi connectivity index (χ0n) is 39.5. The Labute approximate surface area is 412 Å². The highest BCUT2D eigenvalue weighted by Crippen LogP contribution is 2.44. The number of benzene rings is 7.